The topological polar surface area (TPSA) is 132 Å². The van der Waals surface area contributed by atoms with Gasteiger partial charge in [0.05, 0.1) is 18.8 Å². The Morgan fingerprint density at radius 2 is 1.19 bits per heavy atom. The van der Waals surface area contributed by atoms with Gasteiger partial charge in [-0.3, -0.25) is 14.1 Å². The fourth-order valence-electron chi connectivity index (χ4n) is 4.86. The normalized spacial score (nSPS) is 17.4. The molecule has 10 heteroatoms. The fraction of sp³-hybridized carbons (Fsp3) is 0.730. The first-order valence-electron chi connectivity index (χ1n) is 18.1. The van der Waals surface area contributed by atoms with E-state index in [-0.39, 0.29) is 19.4 Å². The van der Waals surface area contributed by atoms with Gasteiger partial charge >= 0.3 is 19.8 Å². The number of allylic oxidation sites excluding steroid dienone is 6. The van der Waals surface area contributed by atoms with Crippen LogP contribution < -0.4 is 0 Å². The van der Waals surface area contributed by atoms with Gasteiger partial charge in [-0.25, -0.2) is 4.57 Å². The van der Waals surface area contributed by atoms with Gasteiger partial charge < -0.3 is 24.0 Å². The van der Waals surface area contributed by atoms with E-state index in [9.17, 15) is 14.2 Å². The molecule has 1 aliphatic heterocycles. The van der Waals surface area contributed by atoms with Crippen molar-refractivity contribution in [1.29, 1.82) is 0 Å². The summed E-state index contributed by atoms with van der Waals surface area (Å²) in [5.74, 6) is -0.973. The third-order valence-electron chi connectivity index (χ3n) is 7.72. The number of hydrogen-bond acceptors (Lipinski definition) is 7. The van der Waals surface area contributed by atoms with Gasteiger partial charge in [0.15, 0.2) is 6.10 Å². The second kappa shape index (κ2) is 28.9. The molecule has 1 saturated heterocycles. The Morgan fingerprint density at radius 1 is 0.660 bits per heavy atom. The highest BCUT2D eigenvalue weighted by Gasteiger charge is 2.36. The molecule has 0 aliphatic carbocycles. The summed E-state index contributed by atoms with van der Waals surface area (Å²) in [4.78, 5) is 42.6. The number of carbonyl (C=O) groups excluding carboxylic acids is 2. The molecule has 0 spiro atoms. The highest BCUT2D eigenvalue weighted by Crippen LogP contribution is 2.36. The van der Waals surface area contributed by atoms with Gasteiger partial charge in [0.1, 0.15) is 6.61 Å². The quantitative estimate of drug-likeness (QED) is 0.0241. The molecule has 0 amide bonds. The lowest BCUT2D eigenvalue weighted by Crippen LogP contribution is -2.29. The molecule has 1 aliphatic rings. The van der Waals surface area contributed by atoms with Crippen LogP contribution >= 0.6 is 7.82 Å². The fourth-order valence-corrected chi connectivity index (χ4v) is 5.22. The zero-order valence-corrected chi connectivity index (χ0v) is 30.0. The average molecular weight is 683 g/mol. The van der Waals surface area contributed by atoms with Crippen molar-refractivity contribution in [3.63, 3.8) is 0 Å². The van der Waals surface area contributed by atoms with Gasteiger partial charge in [0.25, 0.3) is 0 Å². The zero-order chi connectivity index (χ0) is 34.4. The van der Waals surface area contributed by atoms with Gasteiger partial charge in [0, 0.05) is 12.8 Å². The second-order valence-corrected chi connectivity index (χ2v) is 13.5. The first-order valence-corrected chi connectivity index (χ1v) is 19.6. The van der Waals surface area contributed by atoms with Crippen LogP contribution in [0.1, 0.15) is 142 Å². The Labute approximate surface area is 284 Å². The number of hydrogen-bond donors (Lipinski definition) is 2. The second-order valence-electron chi connectivity index (χ2n) is 12.2. The van der Waals surface area contributed by atoms with E-state index in [2.05, 4.69) is 60.9 Å². The van der Waals surface area contributed by atoms with E-state index in [1.807, 2.05) is 6.08 Å². The number of unbranched alkanes of at least 4 members (excludes halogenated alkanes) is 11. The molecule has 1 rings (SSSR count). The van der Waals surface area contributed by atoms with Gasteiger partial charge in [-0.1, -0.05) is 107 Å². The molecule has 0 bridgehead atoms. The summed E-state index contributed by atoms with van der Waals surface area (Å²) in [5.41, 5.74) is 0. The molecule has 0 saturated carbocycles. The van der Waals surface area contributed by atoms with Crippen LogP contribution in [0.3, 0.4) is 0 Å². The number of phosphoric ester groups is 1. The molecule has 2 unspecified atom stereocenters. The first-order chi connectivity index (χ1) is 22.7. The van der Waals surface area contributed by atoms with E-state index >= 15 is 0 Å². The highest BCUT2D eigenvalue weighted by molar-refractivity contribution is 7.46. The van der Waals surface area contributed by atoms with E-state index < -0.39 is 32.5 Å². The van der Waals surface area contributed by atoms with Crippen LogP contribution in [-0.2, 0) is 32.9 Å². The van der Waals surface area contributed by atoms with Crippen LogP contribution in [-0.4, -0.2) is 53.3 Å². The Hall–Kier alpha value is -2.03. The van der Waals surface area contributed by atoms with Crippen LogP contribution in [0.5, 0.6) is 0 Å². The lowest BCUT2D eigenvalue weighted by atomic mass is 10.1. The molecule has 0 aromatic rings. The third-order valence-corrected chi connectivity index (χ3v) is 8.21. The summed E-state index contributed by atoms with van der Waals surface area (Å²) in [5, 5.41) is 0. The van der Waals surface area contributed by atoms with E-state index in [1.54, 1.807) is 0 Å². The van der Waals surface area contributed by atoms with Gasteiger partial charge in [-0.15, -0.1) is 0 Å². The molecule has 2 N–H and O–H groups in total. The predicted octanol–water partition coefficient (Wildman–Crippen LogP) is 9.38. The number of rotatable bonds is 31. The minimum atomic E-state index is -4.77. The predicted molar refractivity (Wildman–Crippen MR) is 188 cm³/mol. The summed E-state index contributed by atoms with van der Waals surface area (Å²) in [7, 11) is -4.77. The molecule has 1 fully saturated rings. The number of phosphoric acid groups is 1. The molecule has 1 heterocycles. The van der Waals surface area contributed by atoms with Crippen molar-refractivity contribution >= 4 is 19.8 Å². The summed E-state index contributed by atoms with van der Waals surface area (Å²) in [6.07, 6.45) is 35.9. The maximum Gasteiger partial charge on any atom is 0.469 e. The highest BCUT2D eigenvalue weighted by atomic mass is 31.2. The van der Waals surface area contributed by atoms with E-state index in [0.29, 0.717) is 25.0 Å². The number of esters is 2. The summed E-state index contributed by atoms with van der Waals surface area (Å²) in [6.45, 7) is 3.52. The van der Waals surface area contributed by atoms with Crippen molar-refractivity contribution in [2.75, 3.05) is 13.2 Å². The molecule has 270 valence electrons. The van der Waals surface area contributed by atoms with E-state index in [0.717, 1.165) is 70.6 Å². The molecule has 9 nitrogen and oxygen atoms in total. The minimum absolute atomic E-state index is 0.183. The van der Waals surface area contributed by atoms with Gasteiger partial charge in [-0.2, -0.15) is 0 Å². The molecule has 3 atom stereocenters. The van der Waals surface area contributed by atoms with Crippen LogP contribution in [0.4, 0.5) is 0 Å². The Bertz CT molecular complexity index is 969. The first kappa shape index (κ1) is 43.0. The maximum absolute atomic E-state index is 12.3. The van der Waals surface area contributed by atoms with Crippen molar-refractivity contribution in [2.45, 2.75) is 161 Å². The average Bonchev–Trinajstić information content (AvgIpc) is 3.79. The molecule has 0 radical (unpaired) electrons. The van der Waals surface area contributed by atoms with E-state index in [1.165, 1.54) is 32.1 Å². The largest absolute Gasteiger partial charge is 0.469 e. The maximum atomic E-state index is 12.3. The Kier molecular flexibility index (Phi) is 26.5. The lowest BCUT2D eigenvalue weighted by Gasteiger charge is -2.18. The number of ether oxygens (including phenoxy) is 3. The molecule has 0 aromatic heterocycles. The molecule has 47 heavy (non-hydrogen) atoms. The summed E-state index contributed by atoms with van der Waals surface area (Å²) >= 11 is 0. The van der Waals surface area contributed by atoms with Crippen LogP contribution in [0.15, 0.2) is 48.6 Å². The number of epoxide rings is 1. The SMILES string of the molecule is CCCC/C=C\CCCCCCCC(=O)O[C@H](COC(=O)CCC/C=C\C/C=C\CC1OC1C/C=C\CCCCC)COP(=O)(O)O. The zero-order valence-electron chi connectivity index (χ0n) is 29.1. The third kappa shape index (κ3) is 28.7. The summed E-state index contributed by atoms with van der Waals surface area (Å²) < 4.78 is 31.9. The Morgan fingerprint density at radius 3 is 1.89 bits per heavy atom. The smallest absolute Gasteiger partial charge is 0.462 e. The van der Waals surface area contributed by atoms with Gasteiger partial charge in [0.2, 0.25) is 0 Å². The van der Waals surface area contributed by atoms with Crippen molar-refractivity contribution in [3.05, 3.63) is 48.6 Å². The van der Waals surface area contributed by atoms with Crippen LogP contribution in [0.25, 0.3) is 0 Å². The van der Waals surface area contributed by atoms with Crippen molar-refractivity contribution in [3.8, 4) is 0 Å². The van der Waals surface area contributed by atoms with E-state index in [4.69, 9.17) is 24.0 Å². The van der Waals surface area contributed by atoms with Gasteiger partial charge in [-0.05, 0) is 70.6 Å². The number of carbonyl (C=O) groups is 2. The van der Waals surface area contributed by atoms with Crippen molar-refractivity contribution in [2.24, 2.45) is 0 Å². The van der Waals surface area contributed by atoms with Crippen LogP contribution in [0, 0.1) is 0 Å². The molecular weight excluding hydrogens is 619 g/mol. The van der Waals surface area contributed by atoms with Crippen molar-refractivity contribution in [1.82, 2.24) is 0 Å². The summed E-state index contributed by atoms with van der Waals surface area (Å²) in [6, 6.07) is 0. The Balaban J connectivity index is 2.16. The van der Waals surface area contributed by atoms with Crippen LogP contribution in [0.2, 0.25) is 0 Å². The minimum Gasteiger partial charge on any atom is -0.462 e. The molecule has 0 aromatic carbocycles. The monoisotopic (exact) mass is 682 g/mol. The van der Waals surface area contributed by atoms with Crippen molar-refractivity contribution < 1.29 is 42.7 Å². The molecular formula is C37H63O9P. The lowest BCUT2D eigenvalue weighted by molar-refractivity contribution is -0.161. The standard InChI is InChI=1S/C37H63O9P/c1-3-5-7-9-11-12-13-14-17-22-26-30-37(39)45-33(32-44-47(40,41)42)31-43-36(38)29-25-21-18-15-16-20-24-28-35-34(46-35)27-23-19-10-8-6-4-2/h9,11,15,18-20,23-24,33-35H,3-8,10,12-14,16-17,21-22,25-32H2,1-2H3,(H2,40,41,42)/b11-9-,18-15-,23-19-,24-20-/t33-,34?,35?/m1/s1.